The number of aliphatic hydroxyl groups is 1. The number of hydrogen-bond acceptors (Lipinski definition) is 5. The molecule has 1 amide bonds. The van der Waals surface area contributed by atoms with Crippen LogP contribution in [0.5, 0.6) is 0 Å². The Hall–Kier alpha value is -2.25. The van der Waals surface area contributed by atoms with Crippen LogP contribution >= 0.6 is 0 Å². The average Bonchev–Trinajstić information content (AvgIpc) is 3.27. The minimum atomic E-state index is -0.538. The van der Waals surface area contributed by atoms with E-state index in [4.69, 9.17) is 0 Å². The maximum Gasteiger partial charge on any atom is 0.222 e. The summed E-state index contributed by atoms with van der Waals surface area (Å²) < 4.78 is 1.72. The van der Waals surface area contributed by atoms with Crippen molar-refractivity contribution in [2.24, 2.45) is 0 Å². The third kappa shape index (κ3) is 4.24. The zero-order valence-electron chi connectivity index (χ0n) is 14.7. The average molecular weight is 343 g/mol. The lowest BCUT2D eigenvalue weighted by atomic mass is 10.1. The Morgan fingerprint density at radius 3 is 2.68 bits per heavy atom. The van der Waals surface area contributed by atoms with Gasteiger partial charge in [-0.05, 0) is 38.1 Å². The highest BCUT2D eigenvalue weighted by atomic mass is 16.3. The van der Waals surface area contributed by atoms with E-state index in [1.165, 1.54) is 6.33 Å². The molecular formula is C18H25N5O2. The summed E-state index contributed by atoms with van der Waals surface area (Å²) in [4.78, 5) is 19.5. The second-order valence-corrected chi connectivity index (χ2v) is 6.64. The van der Waals surface area contributed by atoms with Gasteiger partial charge < -0.3 is 10.0 Å². The molecule has 0 saturated carbocycles. The van der Waals surface area contributed by atoms with E-state index in [-0.39, 0.29) is 11.9 Å². The Morgan fingerprint density at radius 1 is 1.32 bits per heavy atom. The lowest BCUT2D eigenvalue weighted by Crippen LogP contribution is -2.40. The van der Waals surface area contributed by atoms with Crippen LogP contribution in [0.2, 0.25) is 0 Å². The molecule has 0 bridgehead atoms. The molecule has 7 nitrogen and oxygen atoms in total. The fourth-order valence-corrected chi connectivity index (χ4v) is 3.20. The molecule has 1 N–H and O–H groups in total. The van der Waals surface area contributed by atoms with Crippen molar-refractivity contribution in [3.05, 3.63) is 42.5 Å². The minimum absolute atomic E-state index is 0.151. The maximum atomic E-state index is 11.7. The molecule has 2 atom stereocenters. The Balaban J connectivity index is 1.56. The highest BCUT2D eigenvalue weighted by Crippen LogP contribution is 2.20. The van der Waals surface area contributed by atoms with Crippen molar-refractivity contribution in [2.75, 3.05) is 26.7 Å². The van der Waals surface area contributed by atoms with Crippen LogP contribution in [-0.2, 0) is 4.79 Å². The van der Waals surface area contributed by atoms with Gasteiger partial charge in [0.2, 0.25) is 5.91 Å². The summed E-state index contributed by atoms with van der Waals surface area (Å²) in [7, 11) is 1.99. The molecule has 1 aromatic heterocycles. The SMILES string of the molecule is CC(c1ccc(-n2cncn2)cc1)N(C)CC(O)CN1CCCC1=O. The fraction of sp³-hybridized carbons (Fsp3) is 0.500. The lowest BCUT2D eigenvalue weighted by Gasteiger charge is -2.29. The normalized spacial score (nSPS) is 17.3. The van der Waals surface area contributed by atoms with Gasteiger partial charge in [0.25, 0.3) is 0 Å². The number of nitrogens with zero attached hydrogens (tertiary/aromatic N) is 5. The number of carbonyl (C=O) groups excluding carboxylic acids is 1. The number of aromatic nitrogens is 3. The molecule has 3 rings (SSSR count). The van der Waals surface area contributed by atoms with Crippen LogP contribution in [0.15, 0.2) is 36.9 Å². The summed E-state index contributed by atoms with van der Waals surface area (Å²) in [5, 5.41) is 14.4. The number of amides is 1. The van der Waals surface area contributed by atoms with Crippen molar-refractivity contribution >= 4 is 5.91 Å². The number of likely N-dealkylation sites (tertiary alicyclic amines) is 1. The van der Waals surface area contributed by atoms with Gasteiger partial charge in [0.15, 0.2) is 0 Å². The Kier molecular flexibility index (Phi) is 5.45. The van der Waals surface area contributed by atoms with Gasteiger partial charge in [0.05, 0.1) is 11.8 Å². The van der Waals surface area contributed by atoms with E-state index in [0.717, 1.165) is 24.2 Å². The number of carbonyl (C=O) groups is 1. The lowest BCUT2D eigenvalue weighted by molar-refractivity contribution is -0.129. The first-order chi connectivity index (χ1) is 12.0. The number of benzene rings is 1. The molecule has 1 aliphatic rings. The smallest absolute Gasteiger partial charge is 0.222 e. The molecule has 2 unspecified atom stereocenters. The molecule has 0 radical (unpaired) electrons. The largest absolute Gasteiger partial charge is 0.390 e. The topological polar surface area (TPSA) is 74.5 Å². The number of likely N-dealkylation sites (N-methyl/N-ethyl adjacent to an activating group) is 1. The summed E-state index contributed by atoms with van der Waals surface area (Å²) in [6.07, 6.45) is 4.15. The maximum absolute atomic E-state index is 11.7. The van der Waals surface area contributed by atoms with E-state index in [9.17, 15) is 9.90 Å². The molecule has 0 aliphatic carbocycles. The standard InChI is InChI=1S/C18H25N5O2/c1-14(15-5-7-16(8-6-15)23-13-19-12-20-23)21(2)10-17(24)11-22-9-3-4-18(22)25/h5-8,12-14,17,24H,3-4,9-11H2,1-2H3. The van der Waals surface area contributed by atoms with E-state index >= 15 is 0 Å². The zero-order valence-corrected chi connectivity index (χ0v) is 14.7. The summed E-state index contributed by atoms with van der Waals surface area (Å²) in [5.74, 6) is 0.151. The van der Waals surface area contributed by atoms with Gasteiger partial charge in [0, 0.05) is 32.1 Å². The Bertz CT molecular complexity index is 686. The van der Waals surface area contributed by atoms with Gasteiger partial charge in [-0.25, -0.2) is 9.67 Å². The first-order valence-corrected chi connectivity index (χ1v) is 8.65. The van der Waals surface area contributed by atoms with Gasteiger partial charge in [0.1, 0.15) is 12.7 Å². The van der Waals surface area contributed by atoms with Crippen LogP contribution in [-0.4, -0.2) is 68.4 Å². The van der Waals surface area contributed by atoms with Crippen molar-refractivity contribution in [1.82, 2.24) is 24.6 Å². The molecule has 1 aromatic carbocycles. The Labute approximate surface area is 147 Å². The van der Waals surface area contributed by atoms with Crippen LogP contribution in [0.1, 0.15) is 31.4 Å². The van der Waals surface area contributed by atoms with Crippen LogP contribution in [0, 0.1) is 0 Å². The van der Waals surface area contributed by atoms with E-state index in [2.05, 4.69) is 34.0 Å². The van der Waals surface area contributed by atoms with E-state index in [1.807, 2.05) is 19.2 Å². The Morgan fingerprint density at radius 2 is 2.08 bits per heavy atom. The number of β-amino-alcohol motifs (C(OH)–C–C–N with tert-alkyl or cyclic N) is 1. The third-order valence-corrected chi connectivity index (χ3v) is 4.82. The highest BCUT2D eigenvalue weighted by molar-refractivity contribution is 5.78. The van der Waals surface area contributed by atoms with Gasteiger partial charge in [-0.2, -0.15) is 5.10 Å². The predicted octanol–water partition coefficient (Wildman–Crippen LogP) is 1.24. The van der Waals surface area contributed by atoms with Crippen molar-refractivity contribution < 1.29 is 9.90 Å². The van der Waals surface area contributed by atoms with Crippen LogP contribution in [0.3, 0.4) is 0 Å². The number of rotatable bonds is 7. The number of hydrogen-bond donors (Lipinski definition) is 1. The molecule has 1 fully saturated rings. The molecule has 1 saturated heterocycles. The molecule has 2 heterocycles. The molecule has 7 heteroatoms. The molecule has 134 valence electrons. The summed E-state index contributed by atoms with van der Waals surface area (Å²) >= 11 is 0. The van der Waals surface area contributed by atoms with Gasteiger partial charge in [-0.3, -0.25) is 9.69 Å². The summed E-state index contributed by atoms with van der Waals surface area (Å²) in [6.45, 7) is 3.81. The van der Waals surface area contributed by atoms with Crippen LogP contribution < -0.4 is 0 Å². The third-order valence-electron chi connectivity index (χ3n) is 4.82. The van der Waals surface area contributed by atoms with Crippen LogP contribution in [0.4, 0.5) is 0 Å². The molecule has 0 spiro atoms. The van der Waals surface area contributed by atoms with Crippen molar-refractivity contribution in [3.8, 4) is 5.69 Å². The first-order valence-electron chi connectivity index (χ1n) is 8.65. The number of aliphatic hydroxyl groups excluding tert-OH is 1. The molecular weight excluding hydrogens is 318 g/mol. The minimum Gasteiger partial charge on any atom is -0.390 e. The van der Waals surface area contributed by atoms with Crippen LogP contribution in [0.25, 0.3) is 5.69 Å². The van der Waals surface area contributed by atoms with Gasteiger partial charge in [-0.15, -0.1) is 0 Å². The monoisotopic (exact) mass is 343 g/mol. The zero-order chi connectivity index (χ0) is 17.8. The highest BCUT2D eigenvalue weighted by Gasteiger charge is 2.24. The second kappa shape index (κ2) is 7.76. The summed E-state index contributed by atoms with van der Waals surface area (Å²) in [5.41, 5.74) is 2.12. The second-order valence-electron chi connectivity index (χ2n) is 6.64. The molecule has 2 aromatic rings. The van der Waals surface area contributed by atoms with Crippen molar-refractivity contribution in [1.29, 1.82) is 0 Å². The first kappa shape index (κ1) is 17.6. The van der Waals surface area contributed by atoms with Gasteiger partial charge >= 0.3 is 0 Å². The van der Waals surface area contributed by atoms with E-state index in [1.54, 1.807) is 15.9 Å². The quantitative estimate of drug-likeness (QED) is 0.819. The van der Waals surface area contributed by atoms with Crippen molar-refractivity contribution in [2.45, 2.75) is 31.9 Å². The summed E-state index contributed by atoms with van der Waals surface area (Å²) in [6, 6.07) is 8.30. The fourth-order valence-electron chi connectivity index (χ4n) is 3.20. The van der Waals surface area contributed by atoms with Gasteiger partial charge in [-0.1, -0.05) is 12.1 Å². The van der Waals surface area contributed by atoms with E-state index < -0.39 is 6.10 Å². The van der Waals surface area contributed by atoms with E-state index in [0.29, 0.717) is 19.5 Å². The van der Waals surface area contributed by atoms with Crippen molar-refractivity contribution in [3.63, 3.8) is 0 Å². The molecule has 25 heavy (non-hydrogen) atoms. The predicted molar refractivity (Wildman–Crippen MR) is 94.2 cm³/mol. The molecule has 1 aliphatic heterocycles.